The van der Waals surface area contributed by atoms with Crippen molar-refractivity contribution in [1.82, 2.24) is 0 Å². The van der Waals surface area contributed by atoms with Crippen LogP contribution in [0.25, 0.3) is 0 Å². The van der Waals surface area contributed by atoms with Crippen LogP contribution in [0.1, 0.15) is 30.4 Å². The van der Waals surface area contributed by atoms with E-state index in [4.69, 9.17) is 9.79 Å². The maximum Gasteiger partial charge on any atom is 0.388 e. The zero-order valence-corrected chi connectivity index (χ0v) is 14.3. The van der Waals surface area contributed by atoms with Crippen molar-refractivity contribution in [1.29, 1.82) is 0 Å². The van der Waals surface area contributed by atoms with Crippen molar-refractivity contribution in [3.63, 3.8) is 0 Å². The lowest BCUT2D eigenvalue weighted by molar-refractivity contribution is 0.397. The van der Waals surface area contributed by atoms with E-state index in [2.05, 4.69) is 0 Å². The van der Waals surface area contributed by atoms with Crippen LogP contribution in [0, 0.1) is 0 Å². The Hall–Kier alpha value is -1.46. The van der Waals surface area contributed by atoms with Gasteiger partial charge >= 0.3 is 6.80 Å². The first kappa shape index (κ1) is 17.9. The van der Waals surface area contributed by atoms with Crippen molar-refractivity contribution >= 4 is 18.2 Å². The third-order valence-electron chi connectivity index (χ3n) is 3.59. The molecule has 1 unspecified atom stereocenters. The molecule has 7 heteroatoms. The third-order valence-corrected chi connectivity index (χ3v) is 5.71. The van der Waals surface area contributed by atoms with E-state index in [1.807, 2.05) is 13.0 Å². The van der Waals surface area contributed by atoms with Gasteiger partial charge < -0.3 is 20.0 Å². The summed E-state index contributed by atoms with van der Waals surface area (Å²) in [5.74, 6) is 0.371. The van der Waals surface area contributed by atoms with E-state index in [0.717, 1.165) is 5.56 Å². The summed E-state index contributed by atoms with van der Waals surface area (Å²) in [7, 11) is 0. The maximum absolute atomic E-state index is 11.2. The molecule has 0 amide bonds. The number of rotatable bonds is 6. The lowest BCUT2D eigenvalue weighted by atomic mass is 9.93. The molecule has 0 aliphatic carbocycles. The van der Waals surface area contributed by atoms with Gasteiger partial charge in [-0.05, 0) is 60.0 Å². The third kappa shape index (κ3) is 5.29. The average Bonchev–Trinajstić information content (AvgIpc) is 2.44. The predicted molar refractivity (Wildman–Crippen MR) is 90.9 cm³/mol. The molecule has 2 aromatic carbocycles. The standard InChI is InChI=1S/C16H19O5PS/c1-11(12-4-2-5-13(17)10-12)8-9-14-15(18)6-3-7-16(14)23-22(19,20)21/h2-7,10-11,17-18H,8-9H2,1H3,(H2,19,20,21). The van der Waals surface area contributed by atoms with Crippen LogP contribution < -0.4 is 0 Å². The molecular formula is C16H19O5PS. The van der Waals surface area contributed by atoms with E-state index in [1.165, 1.54) is 6.07 Å². The summed E-state index contributed by atoms with van der Waals surface area (Å²) in [6, 6.07) is 11.7. The Kier molecular flexibility index (Phi) is 5.76. The van der Waals surface area contributed by atoms with Crippen molar-refractivity contribution in [2.24, 2.45) is 0 Å². The summed E-state index contributed by atoms with van der Waals surface area (Å²) in [4.78, 5) is 18.7. The van der Waals surface area contributed by atoms with Crippen LogP contribution in [-0.2, 0) is 11.0 Å². The number of phenolic OH excluding ortho intramolecular Hbond substituents is 2. The van der Waals surface area contributed by atoms with Crippen molar-refractivity contribution in [3.05, 3.63) is 53.6 Å². The van der Waals surface area contributed by atoms with Gasteiger partial charge in [0.25, 0.3) is 0 Å². The molecule has 0 saturated heterocycles. The van der Waals surface area contributed by atoms with Gasteiger partial charge in [-0.3, -0.25) is 0 Å². The minimum Gasteiger partial charge on any atom is -0.508 e. The first-order chi connectivity index (χ1) is 10.8. The molecular weight excluding hydrogens is 335 g/mol. The van der Waals surface area contributed by atoms with Crippen molar-refractivity contribution in [3.8, 4) is 11.5 Å². The van der Waals surface area contributed by atoms with Crippen LogP contribution in [0.3, 0.4) is 0 Å². The molecule has 23 heavy (non-hydrogen) atoms. The molecule has 5 nitrogen and oxygen atoms in total. The SMILES string of the molecule is CC(CCc1c(O)cccc1SP(=O)(O)O)c1cccc(O)c1. The molecule has 0 fully saturated rings. The quantitative estimate of drug-likeness (QED) is 0.585. The largest absolute Gasteiger partial charge is 0.508 e. The first-order valence-electron chi connectivity index (χ1n) is 7.11. The fourth-order valence-corrected chi connectivity index (χ4v) is 4.37. The number of phenols is 2. The monoisotopic (exact) mass is 354 g/mol. The van der Waals surface area contributed by atoms with Crippen LogP contribution in [0.2, 0.25) is 0 Å². The summed E-state index contributed by atoms with van der Waals surface area (Å²) in [5.41, 5.74) is 1.51. The predicted octanol–water partition coefficient (Wildman–Crippen LogP) is 4.02. The lowest BCUT2D eigenvalue weighted by Crippen LogP contribution is -1.98. The van der Waals surface area contributed by atoms with Gasteiger partial charge in [0.05, 0.1) is 0 Å². The van der Waals surface area contributed by atoms with Crippen LogP contribution >= 0.6 is 18.2 Å². The molecule has 124 valence electrons. The summed E-state index contributed by atoms with van der Waals surface area (Å²) in [6.07, 6.45) is 1.15. The average molecular weight is 354 g/mol. The Balaban J connectivity index is 2.15. The molecule has 0 spiro atoms. The van der Waals surface area contributed by atoms with Crippen molar-refractivity contribution in [2.45, 2.75) is 30.6 Å². The van der Waals surface area contributed by atoms with Gasteiger partial charge in [0, 0.05) is 10.5 Å². The minimum absolute atomic E-state index is 0.0339. The van der Waals surface area contributed by atoms with Gasteiger partial charge in [-0.25, -0.2) is 4.57 Å². The van der Waals surface area contributed by atoms with E-state index in [-0.39, 0.29) is 17.4 Å². The van der Waals surface area contributed by atoms with Gasteiger partial charge in [-0.1, -0.05) is 25.1 Å². The molecule has 2 rings (SSSR count). The van der Waals surface area contributed by atoms with Crippen LogP contribution in [0.4, 0.5) is 0 Å². The van der Waals surface area contributed by atoms with Gasteiger partial charge in [-0.2, -0.15) is 0 Å². The molecule has 0 aromatic heterocycles. The minimum atomic E-state index is -4.27. The van der Waals surface area contributed by atoms with Crippen LogP contribution in [0.5, 0.6) is 11.5 Å². The Morgan fingerprint density at radius 3 is 2.48 bits per heavy atom. The molecule has 0 radical (unpaired) electrons. The van der Waals surface area contributed by atoms with Crippen LogP contribution in [-0.4, -0.2) is 20.0 Å². The number of hydrogen-bond acceptors (Lipinski definition) is 4. The Morgan fingerprint density at radius 1 is 1.13 bits per heavy atom. The molecule has 0 saturated carbocycles. The number of aromatic hydroxyl groups is 2. The highest BCUT2D eigenvalue weighted by atomic mass is 32.7. The second kappa shape index (κ2) is 7.41. The Morgan fingerprint density at radius 2 is 1.83 bits per heavy atom. The molecule has 4 N–H and O–H groups in total. The molecule has 2 aromatic rings. The fourth-order valence-electron chi connectivity index (χ4n) is 2.38. The highest BCUT2D eigenvalue weighted by Crippen LogP contribution is 2.56. The van der Waals surface area contributed by atoms with E-state index in [1.54, 1.807) is 30.3 Å². The zero-order valence-electron chi connectivity index (χ0n) is 12.6. The van der Waals surface area contributed by atoms with Gasteiger partial charge in [0.15, 0.2) is 0 Å². The normalized spacial score (nSPS) is 13.0. The topological polar surface area (TPSA) is 98.0 Å². The van der Waals surface area contributed by atoms with E-state index >= 15 is 0 Å². The van der Waals surface area contributed by atoms with E-state index in [9.17, 15) is 14.8 Å². The maximum atomic E-state index is 11.2. The fraction of sp³-hybridized carbons (Fsp3) is 0.250. The molecule has 1 atom stereocenters. The number of benzene rings is 2. The van der Waals surface area contributed by atoms with E-state index < -0.39 is 6.80 Å². The summed E-state index contributed by atoms with van der Waals surface area (Å²) < 4.78 is 11.2. The molecule has 0 heterocycles. The lowest BCUT2D eigenvalue weighted by Gasteiger charge is -2.15. The van der Waals surface area contributed by atoms with Crippen molar-refractivity contribution < 1.29 is 24.6 Å². The highest BCUT2D eigenvalue weighted by Gasteiger charge is 2.20. The van der Waals surface area contributed by atoms with Gasteiger partial charge in [-0.15, -0.1) is 0 Å². The zero-order chi connectivity index (χ0) is 17.0. The number of hydrogen-bond donors (Lipinski definition) is 4. The van der Waals surface area contributed by atoms with E-state index in [0.29, 0.717) is 34.7 Å². The summed E-state index contributed by atoms with van der Waals surface area (Å²) in [5, 5.41) is 19.5. The Labute approximate surface area is 138 Å². The smallest absolute Gasteiger partial charge is 0.388 e. The molecule has 0 aliphatic rings. The van der Waals surface area contributed by atoms with Gasteiger partial charge in [0.1, 0.15) is 11.5 Å². The molecule has 0 aliphatic heterocycles. The van der Waals surface area contributed by atoms with Crippen molar-refractivity contribution in [2.75, 3.05) is 0 Å². The summed E-state index contributed by atoms with van der Waals surface area (Å²) >= 11 is 0.458. The highest BCUT2D eigenvalue weighted by molar-refractivity contribution is 8.54. The van der Waals surface area contributed by atoms with Crippen LogP contribution in [0.15, 0.2) is 47.4 Å². The second-order valence-electron chi connectivity index (χ2n) is 5.37. The molecule has 0 bridgehead atoms. The first-order valence-corrected chi connectivity index (χ1v) is 10.1. The summed E-state index contributed by atoms with van der Waals surface area (Å²) in [6.45, 7) is -2.27. The van der Waals surface area contributed by atoms with Gasteiger partial charge in [0.2, 0.25) is 0 Å². The Bertz CT molecular complexity index is 728. The second-order valence-corrected chi connectivity index (χ2v) is 8.95.